The first-order valence-corrected chi connectivity index (χ1v) is 15.3. The molecule has 2 aliphatic rings. The van der Waals surface area contributed by atoms with Gasteiger partial charge in [0.2, 0.25) is 5.78 Å². The zero-order chi connectivity index (χ0) is 27.6. The van der Waals surface area contributed by atoms with Gasteiger partial charge < -0.3 is 15.2 Å². The van der Waals surface area contributed by atoms with Gasteiger partial charge in [-0.3, -0.25) is 8.98 Å². The largest absolute Gasteiger partial charge is 0.393 e. The van der Waals surface area contributed by atoms with Crippen LogP contribution in [0.5, 0.6) is 0 Å². The van der Waals surface area contributed by atoms with E-state index < -0.39 is 22.3 Å². The highest BCUT2D eigenvalue weighted by molar-refractivity contribution is 7.84. The van der Waals surface area contributed by atoms with E-state index in [1.165, 1.54) is 23.9 Å². The average Bonchev–Trinajstić information content (AvgIpc) is 3.63. The molecule has 4 atom stereocenters. The minimum absolute atomic E-state index is 0.0492. The van der Waals surface area contributed by atoms with Crippen LogP contribution in [0.25, 0.3) is 0 Å². The fourth-order valence-corrected chi connectivity index (χ4v) is 6.93. The van der Waals surface area contributed by atoms with Gasteiger partial charge in [0.1, 0.15) is 12.1 Å². The molecule has 10 nitrogen and oxygen atoms in total. The lowest BCUT2D eigenvalue weighted by atomic mass is 10.0. The number of halogens is 1. The maximum Gasteiger partial charge on any atom is 0.333 e. The standard InChI is InChI=1S/C26H29ClN4O6S2/c27-18-4-1-3-15(8-18)7-16-10-23(38-25(16)22-5-2-6-36-22)24(33)20-12-29-14-30-26(20)31-19-9-17(21(32)11-19)13-37-39(28,34)35/h1,3-4,8,10,12,14,17,19,21-22,32H,2,5-7,9,11,13H2,(H2,28,34,35)(H,29,30,31)/t17-,19-,21+,22+/m1/s1. The number of nitrogens with one attached hydrogen (secondary N) is 1. The Bertz CT molecular complexity index is 1440. The van der Waals surface area contributed by atoms with Crippen molar-refractivity contribution in [3.05, 3.63) is 74.3 Å². The van der Waals surface area contributed by atoms with E-state index in [4.69, 9.17) is 21.5 Å². The summed E-state index contributed by atoms with van der Waals surface area (Å²) >= 11 is 7.63. The molecule has 0 spiro atoms. The Labute approximate surface area is 235 Å². The van der Waals surface area contributed by atoms with E-state index in [9.17, 15) is 18.3 Å². The molecule has 2 fully saturated rings. The van der Waals surface area contributed by atoms with Crippen LogP contribution in [0.3, 0.4) is 0 Å². The lowest BCUT2D eigenvalue weighted by molar-refractivity contribution is 0.101. The highest BCUT2D eigenvalue weighted by Crippen LogP contribution is 2.39. The van der Waals surface area contributed by atoms with Gasteiger partial charge >= 0.3 is 10.3 Å². The number of ether oxygens (including phenoxy) is 1. The molecule has 4 N–H and O–H groups in total. The number of nitrogens with two attached hydrogens (primary N) is 1. The number of carbonyl (C=O) groups excluding carboxylic acids is 1. The minimum atomic E-state index is -4.10. The van der Waals surface area contributed by atoms with Gasteiger partial charge in [-0.2, -0.15) is 8.42 Å². The van der Waals surface area contributed by atoms with Crippen LogP contribution in [0, 0.1) is 5.92 Å². The summed E-state index contributed by atoms with van der Waals surface area (Å²) < 4.78 is 32.9. The number of ketones is 1. The smallest absolute Gasteiger partial charge is 0.333 e. The molecule has 0 radical (unpaired) electrons. The molecule has 0 unspecified atom stereocenters. The molecule has 208 valence electrons. The number of aromatic nitrogens is 2. The van der Waals surface area contributed by atoms with Crippen molar-refractivity contribution in [1.29, 1.82) is 0 Å². The maximum atomic E-state index is 13.7. The summed E-state index contributed by atoms with van der Waals surface area (Å²) in [5.74, 6) is -0.293. The highest BCUT2D eigenvalue weighted by Gasteiger charge is 2.35. The van der Waals surface area contributed by atoms with Gasteiger partial charge in [0.15, 0.2) is 0 Å². The molecule has 13 heteroatoms. The van der Waals surface area contributed by atoms with Gasteiger partial charge in [0, 0.05) is 34.7 Å². The topological polar surface area (TPSA) is 154 Å². The predicted octanol–water partition coefficient (Wildman–Crippen LogP) is 3.64. The number of hydrogen-bond acceptors (Lipinski definition) is 10. The Morgan fingerprint density at radius 1 is 1.31 bits per heavy atom. The second-order valence-electron chi connectivity index (χ2n) is 9.84. The van der Waals surface area contributed by atoms with Crippen molar-refractivity contribution in [2.45, 2.75) is 50.4 Å². The summed E-state index contributed by atoms with van der Waals surface area (Å²) in [6.07, 6.45) is 5.24. The molecule has 1 aromatic carbocycles. The predicted molar refractivity (Wildman–Crippen MR) is 147 cm³/mol. The van der Waals surface area contributed by atoms with Crippen molar-refractivity contribution in [2.75, 3.05) is 18.5 Å². The third-order valence-electron chi connectivity index (χ3n) is 6.97. The van der Waals surface area contributed by atoms with Crippen molar-refractivity contribution in [3.8, 4) is 0 Å². The van der Waals surface area contributed by atoms with Crippen molar-refractivity contribution in [1.82, 2.24) is 9.97 Å². The van der Waals surface area contributed by atoms with E-state index >= 15 is 0 Å². The zero-order valence-electron chi connectivity index (χ0n) is 21.0. The summed E-state index contributed by atoms with van der Waals surface area (Å²) in [4.78, 5) is 23.7. The molecule has 3 aromatic rings. The number of thiophene rings is 1. The minimum Gasteiger partial charge on any atom is -0.393 e. The Morgan fingerprint density at radius 3 is 2.90 bits per heavy atom. The summed E-state index contributed by atoms with van der Waals surface area (Å²) in [6, 6.07) is 9.34. The van der Waals surface area contributed by atoms with Gasteiger partial charge in [-0.05, 0) is 61.4 Å². The van der Waals surface area contributed by atoms with Gasteiger partial charge in [-0.25, -0.2) is 15.1 Å². The van der Waals surface area contributed by atoms with Crippen LogP contribution in [-0.2, 0) is 25.6 Å². The Kier molecular flexibility index (Phi) is 8.62. The first kappa shape index (κ1) is 28.1. The molecular weight excluding hydrogens is 564 g/mol. The normalized spacial score (nSPS) is 23.3. The molecule has 3 heterocycles. The first-order valence-electron chi connectivity index (χ1n) is 12.6. The van der Waals surface area contributed by atoms with E-state index in [1.54, 1.807) is 0 Å². The number of carbonyl (C=O) groups is 1. The molecule has 39 heavy (non-hydrogen) atoms. The second kappa shape index (κ2) is 12.0. The lowest BCUT2D eigenvalue weighted by Crippen LogP contribution is -2.24. The summed E-state index contributed by atoms with van der Waals surface area (Å²) in [6.45, 7) is 0.476. The number of hydrogen-bond donors (Lipinski definition) is 3. The van der Waals surface area contributed by atoms with Crippen molar-refractivity contribution in [2.24, 2.45) is 11.1 Å². The zero-order valence-corrected chi connectivity index (χ0v) is 23.3. The number of rotatable bonds is 10. The van der Waals surface area contributed by atoms with Gasteiger partial charge in [0.25, 0.3) is 0 Å². The number of nitrogens with zero attached hydrogens (tertiary/aromatic N) is 2. The molecule has 1 aliphatic carbocycles. The summed E-state index contributed by atoms with van der Waals surface area (Å²) in [7, 11) is -4.10. The van der Waals surface area contributed by atoms with Crippen LogP contribution in [-0.4, -0.2) is 54.6 Å². The van der Waals surface area contributed by atoms with Crippen LogP contribution in [0.1, 0.15) is 63.0 Å². The molecular formula is C26H29ClN4O6S2. The molecule has 2 aromatic heterocycles. The van der Waals surface area contributed by atoms with Gasteiger partial charge in [0.05, 0.1) is 29.3 Å². The second-order valence-corrected chi connectivity index (χ2v) is 12.6. The molecule has 5 rings (SSSR count). The maximum absolute atomic E-state index is 13.7. The number of aliphatic hydroxyl groups is 1. The van der Waals surface area contributed by atoms with Crippen molar-refractivity contribution in [3.63, 3.8) is 0 Å². The van der Waals surface area contributed by atoms with E-state index in [1.807, 2.05) is 30.3 Å². The van der Waals surface area contributed by atoms with E-state index in [0.717, 1.165) is 28.8 Å². The molecule has 0 bridgehead atoms. The van der Waals surface area contributed by atoms with Crippen molar-refractivity contribution < 1.29 is 27.2 Å². The SMILES string of the molecule is NS(=O)(=O)OC[C@H]1C[C@@H](Nc2ncncc2C(=O)c2cc(Cc3cccc(Cl)c3)c([C@@H]3CCCO3)s2)C[C@@H]1O. The van der Waals surface area contributed by atoms with Crippen LogP contribution in [0.4, 0.5) is 5.82 Å². The van der Waals surface area contributed by atoms with Crippen LogP contribution >= 0.6 is 22.9 Å². The van der Waals surface area contributed by atoms with Gasteiger partial charge in [-0.1, -0.05) is 23.7 Å². The Balaban J connectivity index is 1.36. The Hall–Kier alpha value is -2.45. The summed E-state index contributed by atoms with van der Waals surface area (Å²) in [5.41, 5.74) is 2.39. The fourth-order valence-electron chi connectivity index (χ4n) is 5.14. The van der Waals surface area contributed by atoms with Crippen LogP contribution < -0.4 is 10.5 Å². The number of aliphatic hydroxyl groups excluding tert-OH is 1. The molecule has 0 amide bonds. The Morgan fingerprint density at radius 2 is 2.15 bits per heavy atom. The molecule has 1 saturated heterocycles. The van der Waals surface area contributed by atoms with Crippen LogP contribution in [0.2, 0.25) is 5.02 Å². The summed E-state index contributed by atoms with van der Waals surface area (Å²) in [5, 5.41) is 19.2. The first-order chi connectivity index (χ1) is 18.7. The monoisotopic (exact) mass is 592 g/mol. The van der Waals surface area contributed by atoms with Crippen LogP contribution in [0.15, 0.2) is 42.9 Å². The third kappa shape index (κ3) is 7.01. The quantitative estimate of drug-likeness (QED) is 0.299. The fraction of sp³-hybridized carbons (Fsp3) is 0.423. The third-order valence-corrected chi connectivity index (χ3v) is 8.94. The molecule has 1 saturated carbocycles. The highest BCUT2D eigenvalue weighted by atomic mass is 35.5. The van der Waals surface area contributed by atoms with E-state index in [0.29, 0.717) is 47.2 Å². The average molecular weight is 593 g/mol. The number of anilines is 1. The van der Waals surface area contributed by atoms with E-state index in [-0.39, 0.29) is 24.5 Å². The van der Waals surface area contributed by atoms with Gasteiger partial charge in [-0.15, -0.1) is 11.3 Å². The number of benzene rings is 1. The molecule has 1 aliphatic heterocycles. The van der Waals surface area contributed by atoms with E-state index in [2.05, 4.69) is 19.5 Å². The van der Waals surface area contributed by atoms with Crippen molar-refractivity contribution >= 4 is 44.8 Å². The lowest BCUT2D eigenvalue weighted by Gasteiger charge is -2.15.